The Morgan fingerprint density at radius 3 is 2.61 bits per heavy atom. The maximum Gasteiger partial charge on any atom is 0.335 e. The summed E-state index contributed by atoms with van der Waals surface area (Å²) >= 11 is 0. The van der Waals surface area contributed by atoms with E-state index in [0.29, 0.717) is 29.9 Å². The van der Waals surface area contributed by atoms with Crippen LogP contribution in [0.3, 0.4) is 0 Å². The van der Waals surface area contributed by atoms with E-state index in [1.165, 1.54) is 6.07 Å². The first kappa shape index (κ1) is 16.9. The molecule has 2 fully saturated rings. The van der Waals surface area contributed by atoms with Gasteiger partial charge in [-0.15, -0.1) is 0 Å². The van der Waals surface area contributed by atoms with Gasteiger partial charge in [0.15, 0.2) is 5.41 Å². The number of imide groups is 2. The highest BCUT2D eigenvalue weighted by Crippen LogP contribution is 2.49. The van der Waals surface area contributed by atoms with E-state index < -0.39 is 29.3 Å². The van der Waals surface area contributed by atoms with Crippen molar-refractivity contribution in [3.8, 4) is 0 Å². The number of rotatable bonds is 1. The third-order valence-electron chi connectivity index (χ3n) is 6.08. The van der Waals surface area contributed by atoms with Crippen LogP contribution in [-0.4, -0.2) is 30.4 Å². The summed E-state index contributed by atoms with van der Waals surface area (Å²) in [5.41, 5.74) is 0.0379. The van der Waals surface area contributed by atoms with Crippen LogP contribution in [0.4, 0.5) is 20.6 Å². The smallest absolute Gasteiger partial charge is 0.335 e. The predicted octanol–water partition coefficient (Wildman–Crippen LogP) is 2.62. The molecule has 142 valence electrons. The molecule has 1 N–H and O–H groups in total. The molecule has 2 saturated heterocycles. The predicted molar refractivity (Wildman–Crippen MR) is 100 cm³/mol. The van der Waals surface area contributed by atoms with Crippen molar-refractivity contribution in [2.24, 2.45) is 5.41 Å². The van der Waals surface area contributed by atoms with Gasteiger partial charge < -0.3 is 4.90 Å². The minimum Gasteiger partial charge on any atom is -0.364 e. The normalized spacial score (nSPS) is 26.3. The summed E-state index contributed by atoms with van der Waals surface area (Å²) in [5, 5.41) is 2.38. The van der Waals surface area contributed by atoms with Crippen LogP contribution >= 0.6 is 0 Å². The van der Waals surface area contributed by atoms with Gasteiger partial charge in [0.05, 0.1) is 17.4 Å². The molecule has 0 aliphatic carbocycles. The van der Waals surface area contributed by atoms with E-state index in [9.17, 15) is 18.8 Å². The lowest BCUT2D eigenvalue weighted by Crippen LogP contribution is -2.71. The highest BCUT2D eigenvalue weighted by atomic mass is 19.1. The van der Waals surface area contributed by atoms with Gasteiger partial charge in [-0.25, -0.2) is 14.1 Å². The molecule has 5 rings (SSSR count). The van der Waals surface area contributed by atoms with Crippen LogP contribution in [0, 0.1) is 11.2 Å². The molecule has 3 aliphatic heterocycles. The Hall–Kier alpha value is -3.22. The number of hydrogen-bond acceptors (Lipinski definition) is 4. The monoisotopic (exact) mass is 379 g/mol. The minimum atomic E-state index is -1.46. The van der Waals surface area contributed by atoms with Gasteiger partial charge in [-0.1, -0.05) is 30.3 Å². The summed E-state index contributed by atoms with van der Waals surface area (Å²) in [4.78, 5) is 42.2. The van der Waals surface area contributed by atoms with Crippen LogP contribution in [0.2, 0.25) is 0 Å². The lowest BCUT2D eigenvalue weighted by molar-refractivity contribution is -0.144. The molecule has 0 saturated carbocycles. The van der Waals surface area contributed by atoms with E-state index in [0.717, 1.165) is 11.3 Å². The molecule has 3 heterocycles. The van der Waals surface area contributed by atoms with E-state index in [2.05, 4.69) is 5.32 Å². The van der Waals surface area contributed by atoms with Crippen molar-refractivity contribution in [2.75, 3.05) is 16.3 Å². The van der Waals surface area contributed by atoms with Crippen LogP contribution in [0.25, 0.3) is 0 Å². The zero-order chi connectivity index (χ0) is 19.5. The van der Waals surface area contributed by atoms with Crippen molar-refractivity contribution in [1.29, 1.82) is 0 Å². The molecule has 2 aromatic rings. The largest absolute Gasteiger partial charge is 0.364 e. The summed E-state index contributed by atoms with van der Waals surface area (Å²) in [6.07, 6.45) is 1.41. The SMILES string of the molecule is O=C1NC(=O)[C@]2(Cc3cccc(F)c3N3CCC[C@@H]32)C(=O)N1c1ccccc1. The fraction of sp³-hybridized carbons (Fsp3) is 0.286. The van der Waals surface area contributed by atoms with Crippen molar-refractivity contribution < 1.29 is 18.8 Å². The zero-order valence-corrected chi connectivity index (χ0v) is 15.0. The second-order valence-electron chi connectivity index (χ2n) is 7.48. The first-order valence-corrected chi connectivity index (χ1v) is 9.33. The van der Waals surface area contributed by atoms with E-state index in [1.54, 1.807) is 42.5 Å². The molecule has 2 aromatic carbocycles. The molecule has 28 heavy (non-hydrogen) atoms. The molecular formula is C21H18FN3O3. The second-order valence-corrected chi connectivity index (χ2v) is 7.48. The number of halogens is 1. The first-order chi connectivity index (χ1) is 13.5. The summed E-state index contributed by atoms with van der Waals surface area (Å²) < 4.78 is 14.6. The maximum atomic E-state index is 14.6. The van der Waals surface area contributed by atoms with Gasteiger partial charge >= 0.3 is 6.03 Å². The molecule has 3 aliphatic rings. The molecule has 6 nitrogen and oxygen atoms in total. The van der Waals surface area contributed by atoms with Crippen LogP contribution < -0.4 is 15.1 Å². The van der Waals surface area contributed by atoms with Gasteiger partial charge in [-0.2, -0.15) is 0 Å². The van der Waals surface area contributed by atoms with Crippen molar-refractivity contribution in [3.63, 3.8) is 0 Å². The highest BCUT2D eigenvalue weighted by Gasteiger charge is 2.63. The van der Waals surface area contributed by atoms with E-state index in [1.807, 2.05) is 4.90 Å². The Morgan fingerprint density at radius 1 is 1.04 bits per heavy atom. The number of hydrogen-bond donors (Lipinski definition) is 1. The van der Waals surface area contributed by atoms with Gasteiger partial charge in [-0.05, 0) is 43.0 Å². The average molecular weight is 379 g/mol. The summed E-state index contributed by atoms with van der Waals surface area (Å²) in [6, 6.07) is 12.1. The van der Waals surface area contributed by atoms with E-state index in [-0.39, 0.29) is 12.2 Å². The summed E-state index contributed by atoms with van der Waals surface area (Å²) in [6.45, 7) is 0.570. The Kier molecular flexibility index (Phi) is 3.56. The molecule has 1 spiro atoms. The summed E-state index contributed by atoms with van der Waals surface area (Å²) in [5.74, 6) is -1.49. The van der Waals surface area contributed by atoms with E-state index >= 15 is 0 Å². The van der Waals surface area contributed by atoms with Crippen molar-refractivity contribution in [1.82, 2.24) is 5.32 Å². The number of urea groups is 1. The Bertz CT molecular complexity index is 1010. The van der Waals surface area contributed by atoms with Gasteiger partial charge in [0.2, 0.25) is 5.91 Å². The number of amides is 4. The van der Waals surface area contributed by atoms with Gasteiger partial charge in [0.25, 0.3) is 5.91 Å². The number of nitrogens with zero attached hydrogens (tertiary/aromatic N) is 2. The van der Waals surface area contributed by atoms with Gasteiger partial charge in [0, 0.05) is 6.54 Å². The molecule has 0 unspecified atom stereocenters. The fourth-order valence-corrected chi connectivity index (χ4v) is 4.90. The standard InChI is InChI=1S/C21H18FN3O3/c22-15-9-4-6-13-12-21(16-10-5-11-24(16)17(13)15)18(26)23-20(28)25(19(21)27)14-7-2-1-3-8-14/h1-4,6-9,16H,5,10-12H2,(H,23,26,28)/t16-,21-/m1/s1. The van der Waals surface area contributed by atoms with Crippen LogP contribution in [-0.2, 0) is 16.0 Å². The quantitative estimate of drug-likeness (QED) is 0.774. The molecule has 0 radical (unpaired) electrons. The van der Waals surface area contributed by atoms with Crippen LogP contribution in [0.15, 0.2) is 48.5 Å². The van der Waals surface area contributed by atoms with Crippen molar-refractivity contribution in [3.05, 3.63) is 59.9 Å². The van der Waals surface area contributed by atoms with Crippen molar-refractivity contribution in [2.45, 2.75) is 25.3 Å². The van der Waals surface area contributed by atoms with E-state index in [4.69, 9.17) is 0 Å². The van der Waals surface area contributed by atoms with Gasteiger partial charge in [0.1, 0.15) is 5.82 Å². The molecular weight excluding hydrogens is 361 g/mol. The number of benzene rings is 2. The number of para-hydroxylation sites is 2. The van der Waals surface area contributed by atoms with Crippen molar-refractivity contribution >= 4 is 29.2 Å². The Morgan fingerprint density at radius 2 is 1.82 bits per heavy atom. The second kappa shape index (κ2) is 5.89. The minimum absolute atomic E-state index is 0.0720. The number of anilines is 2. The number of nitrogens with one attached hydrogen (secondary N) is 1. The number of carbonyl (C=O) groups excluding carboxylic acids is 3. The average Bonchev–Trinajstić information content (AvgIpc) is 3.17. The number of fused-ring (bicyclic) bond motifs is 4. The fourth-order valence-electron chi connectivity index (χ4n) is 4.90. The Labute approximate surface area is 160 Å². The van der Waals surface area contributed by atoms with Gasteiger partial charge in [-0.3, -0.25) is 14.9 Å². The lowest BCUT2D eigenvalue weighted by atomic mass is 9.68. The third-order valence-corrected chi connectivity index (χ3v) is 6.08. The third kappa shape index (κ3) is 2.10. The maximum absolute atomic E-state index is 14.6. The Balaban J connectivity index is 1.68. The lowest BCUT2D eigenvalue weighted by Gasteiger charge is -2.49. The molecule has 4 amide bonds. The highest BCUT2D eigenvalue weighted by molar-refractivity contribution is 6.30. The topological polar surface area (TPSA) is 69.7 Å². The first-order valence-electron chi connectivity index (χ1n) is 9.33. The molecule has 2 atom stereocenters. The number of carbonyl (C=O) groups is 3. The summed E-state index contributed by atoms with van der Waals surface area (Å²) in [7, 11) is 0. The molecule has 7 heteroatoms. The van der Waals surface area contributed by atoms with Crippen LogP contribution in [0.1, 0.15) is 18.4 Å². The number of barbiturate groups is 1. The molecule has 0 aromatic heterocycles. The molecule has 0 bridgehead atoms. The van der Waals surface area contributed by atoms with Crippen LogP contribution in [0.5, 0.6) is 0 Å². The zero-order valence-electron chi connectivity index (χ0n) is 15.0.